The van der Waals surface area contributed by atoms with Gasteiger partial charge in [-0.25, -0.2) is 13.1 Å². The molecule has 4 rings (SSSR count). The molecule has 1 aliphatic rings. The number of hydrogen-bond acceptors (Lipinski definition) is 5. The van der Waals surface area contributed by atoms with Crippen molar-refractivity contribution in [2.24, 2.45) is 0 Å². The third kappa shape index (κ3) is 5.61. The number of anilines is 1. The minimum absolute atomic E-state index is 0.0760. The molecule has 182 valence electrons. The summed E-state index contributed by atoms with van der Waals surface area (Å²) in [7, 11) is 1.79. The van der Waals surface area contributed by atoms with Crippen molar-refractivity contribution in [1.82, 2.24) is 19.1 Å². The first-order valence-electron chi connectivity index (χ1n) is 12.0. The molecular formula is C26H33F2N5S. The van der Waals surface area contributed by atoms with E-state index in [0.717, 1.165) is 25.7 Å². The monoisotopic (exact) mass is 485 g/mol. The molecule has 5 nitrogen and oxygen atoms in total. The van der Waals surface area contributed by atoms with Crippen molar-refractivity contribution < 1.29 is 8.78 Å². The maximum absolute atomic E-state index is 15.2. The summed E-state index contributed by atoms with van der Waals surface area (Å²) in [4.78, 5) is 1.77. The number of nitrogens with zero attached hydrogens (tertiary/aromatic N) is 5. The van der Waals surface area contributed by atoms with Crippen LogP contribution in [0.5, 0.6) is 0 Å². The number of halogens is 2. The smallest absolute Gasteiger partial charge is 0.147 e. The lowest BCUT2D eigenvalue weighted by Gasteiger charge is -2.38. The highest BCUT2D eigenvalue weighted by Gasteiger charge is 2.30. The molecule has 34 heavy (non-hydrogen) atoms. The molecule has 1 aromatic heterocycles. The van der Waals surface area contributed by atoms with Gasteiger partial charge in [-0.3, -0.25) is 0 Å². The molecule has 0 radical (unpaired) electrons. The van der Waals surface area contributed by atoms with Crippen LogP contribution >= 0.6 is 11.9 Å². The van der Waals surface area contributed by atoms with Crippen LogP contribution in [0.1, 0.15) is 61.9 Å². The van der Waals surface area contributed by atoms with Crippen LogP contribution < -0.4 is 4.90 Å². The number of benzene rings is 2. The third-order valence-electron chi connectivity index (χ3n) is 6.74. The molecule has 0 bridgehead atoms. The van der Waals surface area contributed by atoms with E-state index < -0.39 is 5.82 Å². The Morgan fingerprint density at radius 3 is 2.47 bits per heavy atom. The van der Waals surface area contributed by atoms with Crippen molar-refractivity contribution in [3.8, 4) is 0 Å². The van der Waals surface area contributed by atoms with Crippen LogP contribution in [0.4, 0.5) is 14.5 Å². The van der Waals surface area contributed by atoms with Gasteiger partial charge in [0.25, 0.3) is 0 Å². The normalized spacial score (nSPS) is 19.8. The van der Waals surface area contributed by atoms with Gasteiger partial charge in [-0.2, -0.15) is 0 Å². The summed E-state index contributed by atoms with van der Waals surface area (Å²) in [5, 5.41) is 8.06. The van der Waals surface area contributed by atoms with E-state index >= 15 is 8.78 Å². The highest BCUT2D eigenvalue weighted by atomic mass is 32.2. The quantitative estimate of drug-likeness (QED) is 0.328. The summed E-state index contributed by atoms with van der Waals surface area (Å²) in [6, 6.07) is 13.6. The molecule has 3 aromatic rings. The largest absolute Gasteiger partial charge is 0.370 e. The Bertz CT molecular complexity index is 1050. The molecule has 8 heteroatoms. The van der Waals surface area contributed by atoms with Gasteiger partial charge in [-0.15, -0.1) is 10.2 Å². The van der Waals surface area contributed by atoms with Crippen LogP contribution in [0.25, 0.3) is 0 Å². The van der Waals surface area contributed by atoms with Crippen LogP contribution in [-0.4, -0.2) is 38.7 Å². The predicted molar refractivity (Wildman–Crippen MR) is 135 cm³/mol. The van der Waals surface area contributed by atoms with E-state index in [1.807, 2.05) is 10.6 Å². The summed E-state index contributed by atoms with van der Waals surface area (Å²) in [6.45, 7) is 5.14. The van der Waals surface area contributed by atoms with E-state index in [-0.39, 0.29) is 17.5 Å². The molecule has 2 heterocycles. The van der Waals surface area contributed by atoms with Crippen LogP contribution in [0, 0.1) is 11.6 Å². The maximum Gasteiger partial charge on any atom is 0.147 e. The summed E-state index contributed by atoms with van der Waals surface area (Å²) < 4.78 is 34.6. The van der Waals surface area contributed by atoms with Gasteiger partial charge in [0.1, 0.15) is 24.3 Å². The van der Waals surface area contributed by atoms with Gasteiger partial charge in [0.05, 0.1) is 11.7 Å². The zero-order valence-electron chi connectivity index (χ0n) is 20.1. The zero-order valence-corrected chi connectivity index (χ0v) is 20.9. The second kappa shape index (κ2) is 11.3. The lowest BCUT2D eigenvalue weighted by molar-refractivity contribution is 0.290. The van der Waals surface area contributed by atoms with Crippen molar-refractivity contribution in [3.63, 3.8) is 0 Å². The number of rotatable bonds is 9. The first-order valence-corrected chi connectivity index (χ1v) is 12.8. The van der Waals surface area contributed by atoms with E-state index in [0.29, 0.717) is 29.9 Å². The fourth-order valence-corrected chi connectivity index (χ4v) is 6.15. The Hall–Kier alpha value is -2.45. The Labute approximate surface area is 205 Å². The summed E-state index contributed by atoms with van der Waals surface area (Å²) >= 11 is 1.77. The highest BCUT2D eigenvalue weighted by Crippen LogP contribution is 2.44. The molecule has 0 N–H and O–H groups in total. The molecule has 1 fully saturated rings. The molecule has 1 saturated heterocycles. The van der Waals surface area contributed by atoms with Gasteiger partial charge >= 0.3 is 0 Å². The number of aromatic nitrogens is 3. The number of likely N-dealkylation sites (N-methyl/N-ethyl adjacent to an activating group) is 1. The molecule has 3 atom stereocenters. The van der Waals surface area contributed by atoms with Crippen LogP contribution in [0.3, 0.4) is 0 Å². The van der Waals surface area contributed by atoms with Crippen molar-refractivity contribution in [1.29, 1.82) is 0 Å². The van der Waals surface area contributed by atoms with Gasteiger partial charge in [-0.1, -0.05) is 56.1 Å². The van der Waals surface area contributed by atoms with Crippen LogP contribution in [0.2, 0.25) is 0 Å². The first kappa shape index (κ1) is 24.7. The lowest BCUT2D eigenvalue weighted by atomic mass is 10.0. The lowest BCUT2D eigenvalue weighted by Crippen LogP contribution is -2.34. The van der Waals surface area contributed by atoms with E-state index in [1.54, 1.807) is 36.6 Å². The van der Waals surface area contributed by atoms with Crippen molar-refractivity contribution >= 4 is 17.6 Å². The van der Waals surface area contributed by atoms with Gasteiger partial charge in [0.15, 0.2) is 0 Å². The Balaban J connectivity index is 1.49. The molecule has 0 amide bonds. The molecule has 0 spiro atoms. The Kier molecular flexibility index (Phi) is 8.21. The van der Waals surface area contributed by atoms with Crippen molar-refractivity contribution in [2.45, 2.75) is 63.4 Å². The Morgan fingerprint density at radius 2 is 1.79 bits per heavy atom. The fourth-order valence-electron chi connectivity index (χ4n) is 4.66. The number of hydrogen-bond donors (Lipinski definition) is 0. The average Bonchev–Trinajstić information content (AvgIpc) is 3.39. The van der Waals surface area contributed by atoms with E-state index in [1.165, 1.54) is 17.7 Å². The molecule has 0 saturated carbocycles. The minimum Gasteiger partial charge on any atom is -0.370 e. The van der Waals surface area contributed by atoms with E-state index in [4.69, 9.17) is 0 Å². The molecule has 0 unspecified atom stereocenters. The Morgan fingerprint density at radius 1 is 1.06 bits per heavy atom. The second-order valence-corrected chi connectivity index (χ2v) is 10.2. The van der Waals surface area contributed by atoms with E-state index in [2.05, 4.69) is 52.6 Å². The minimum atomic E-state index is -0.396. The molecule has 2 aromatic carbocycles. The van der Waals surface area contributed by atoms with Crippen LogP contribution in [-0.2, 0) is 6.54 Å². The van der Waals surface area contributed by atoms with Gasteiger partial charge < -0.3 is 9.47 Å². The van der Waals surface area contributed by atoms with Crippen molar-refractivity contribution in [3.05, 3.63) is 77.9 Å². The highest BCUT2D eigenvalue weighted by molar-refractivity contribution is 7.97. The summed E-state index contributed by atoms with van der Waals surface area (Å²) in [6.07, 6.45) is 7.28. The molecular weight excluding hydrogens is 452 g/mol. The molecule has 0 aliphatic carbocycles. The van der Waals surface area contributed by atoms with E-state index in [9.17, 15) is 0 Å². The first-order chi connectivity index (χ1) is 16.5. The SMILES string of the molecule is CC[C@H]1CC[C@H](c2ccccc2)SN1Cc1cc(F)c(N(C)C[C@@H](CC)n2cnnc2)cc1F. The van der Waals surface area contributed by atoms with Gasteiger partial charge in [0.2, 0.25) is 0 Å². The zero-order chi connectivity index (χ0) is 24.1. The van der Waals surface area contributed by atoms with Gasteiger partial charge in [0, 0.05) is 43.1 Å². The van der Waals surface area contributed by atoms with Crippen molar-refractivity contribution in [2.75, 3.05) is 18.5 Å². The topological polar surface area (TPSA) is 37.2 Å². The second-order valence-electron chi connectivity index (χ2n) is 8.97. The predicted octanol–water partition coefficient (Wildman–Crippen LogP) is 6.41. The fraction of sp³-hybridized carbons (Fsp3) is 0.462. The standard InChI is InChI=1S/C26H33F2N5S/c1-4-21-11-12-26(19-9-7-6-8-10-19)34-33(21)15-20-13-24(28)25(14-23(20)27)31(3)16-22(5-2)32-17-29-30-18-32/h6-10,13-14,17-18,21-22,26H,4-5,11-12,15-16H2,1-3H3/t21-,22+,26+/m0/s1. The van der Waals surface area contributed by atoms with Gasteiger partial charge in [-0.05, 0) is 37.3 Å². The third-order valence-corrected chi connectivity index (χ3v) is 8.20. The molecule has 1 aliphatic heterocycles. The van der Waals surface area contributed by atoms with Crippen LogP contribution in [0.15, 0.2) is 55.1 Å². The maximum atomic E-state index is 15.2. The summed E-state index contributed by atoms with van der Waals surface area (Å²) in [5.74, 6) is -0.759. The average molecular weight is 486 g/mol. The summed E-state index contributed by atoms with van der Waals surface area (Å²) in [5.41, 5.74) is 1.96.